The van der Waals surface area contributed by atoms with E-state index in [2.05, 4.69) is 90.1 Å². The fourth-order valence-corrected chi connectivity index (χ4v) is 3.44. The highest BCUT2D eigenvalue weighted by atomic mass is 32.2. The first-order chi connectivity index (χ1) is 10.8. The van der Waals surface area contributed by atoms with Crippen molar-refractivity contribution in [2.45, 2.75) is 75.0 Å². The summed E-state index contributed by atoms with van der Waals surface area (Å²) in [6, 6.07) is 18.0. The molecule has 0 spiro atoms. The lowest BCUT2D eigenvalue weighted by molar-refractivity contribution is 0.505. The molecule has 0 radical (unpaired) electrons. The van der Waals surface area contributed by atoms with Crippen molar-refractivity contribution in [3.05, 3.63) is 59.7 Å². The smallest absolute Gasteiger partial charge is 0.0125 e. The Morgan fingerprint density at radius 3 is 1.43 bits per heavy atom. The second-order valence-electron chi connectivity index (χ2n) is 7.63. The highest BCUT2D eigenvalue weighted by Crippen LogP contribution is 2.35. The molecule has 0 aliphatic heterocycles. The molecule has 0 atom stereocenters. The molecule has 0 aromatic heterocycles. The summed E-state index contributed by atoms with van der Waals surface area (Å²) in [6.07, 6.45) is 2.31. The van der Waals surface area contributed by atoms with Crippen LogP contribution in [0.25, 0.3) is 0 Å². The zero-order valence-corrected chi connectivity index (χ0v) is 16.3. The summed E-state index contributed by atoms with van der Waals surface area (Å²) in [6.45, 7) is 13.8. The maximum absolute atomic E-state index is 2.35. The van der Waals surface area contributed by atoms with Crippen LogP contribution in [0.5, 0.6) is 0 Å². The van der Waals surface area contributed by atoms with Gasteiger partial charge in [-0.25, -0.2) is 0 Å². The summed E-state index contributed by atoms with van der Waals surface area (Å²) >= 11 is 1.87. The zero-order valence-electron chi connectivity index (χ0n) is 15.4. The molecule has 0 nitrogen and oxygen atoms in total. The van der Waals surface area contributed by atoms with Gasteiger partial charge in [-0.3, -0.25) is 0 Å². The molecule has 0 saturated heterocycles. The van der Waals surface area contributed by atoms with E-state index >= 15 is 0 Å². The minimum Gasteiger partial charge on any atom is -0.0901 e. The van der Waals surface area contributed by atoms with Gasteiger partial charge in [-0.2, -0.15) is 0 Å². The predicted octanol–water partition coefficient (Wildman–Crippen LogP) is 7.21. The van der Waals surface area contributed by atoms with Crippen LogP contribution >= 0.6 is 11.8 Å². The summed E-state index contributed by atoms with van der Waals surface area (Å²) in [4.78, 5) is 2.66. The maximum atomic E-state index is 2.35. The molecule has 0 heterocycles. The van der Waals surface area contributed by atoms with Crippen LogP contribution in [-0.2, 0) is 10.8 Å². The van der Waals surface area contributed by atoms with E-state index in [4.69, 9.17) is 0 Å². The van der Waals surface area contributed by atoms with E-state index in [1.807, 2.05) is 11.8 Å². The largest absolute Gasteiger partial charge is 0.0901 e. The first-order valence-corrected chi connectivity index (χ1v) is 9.49. The average molecular weight is 327 g/mol. The molecule has 23 heavy (non-hydrogen) atoms. The summed E-state index contributed by atoms with van der Waals surface area (Å²) in [7, 11) is 0. The van der Waals surface area contributed by atoms with E-state index < -0.39 is 0 Å². The Hall–Kier alpha value is -1.21. The third kappa shape index (κ3) is 4.41. The molecular formula is C22H30S. The number of hydrogen-bond acceptors (Lipinski definition) is 1. The third-order valence-electron chi connectivity index (χ3n) is 5.23. The van der Waals surface area contributed by atoms with E-state index in [1.165, 1.54) is 20.9 Å². The molecular weight excluding hydrogens is 296 g/mol. The number of benzene rings is 2. The first-order valence-electron chi connectivity index (χ1n) is 8.67. The Morgan fingerprint density at radius 2 is 1.09 bits per heavy atom. The maximum Gasteiger partial charge on any atom is 0.0125 e. The van der Waals surface area contributed by atoms with E-state index in [0.29, 0.717) is 0 Å². The second kappa shape index (κ2) is 7.13. The van der Waals surface area contributed by atoms with Gasteiger partial charge >= 0.3 is 0 Å². The highest BCUT2D eigenvalue weighted by molar-refractivity contribution is 7.99. The van der Waals surface area contributed by atoms with Crippen LogP contribution in [0.2, 0.25) is 0 Å². The van der Waals surface area contributed by atoms with Crippen LogP contribution in [0.15, 0.2) is 58.3 Å². The van der Waals surface area contributed by atoms with E-state index in [1.54, 1.807) is 0 Å². The van der Waals surface area contributed by atoms with Crippen LogP contribution in [0.3, 0.4) is 0 Å². The van der Waals surface area contributed by atoms with E-state index in [-0.39, 0.29) is 10.8 Å². The monoisotopic (exact) mass is 326 g/mol. The lowest BCUT2D eigenvalue weighted by Gasteiger charge is -2.24. The normalized spacial score (nSPS) is 12.4. The highest BCUT2D eigenvalue weighted by Gasteiger charge is 2.19. The lowest BCUT2D eigenvalue weighted by atomic mass is 9.82. The van der Waals surface area contributed by atoms with E-state index in [0.717, 1.165) is 12.8 Å². The van der Waals surface area contributed by atoms with Crippen LogP contribution in [-0.4, -0.2) is 0 Å². The second-order valence-corrected chi connectivity index (χ2v) is 8.78. The molecule has 2 rings (SSSR count). The molecule has 0 N–H and O–H groups in total. The molecule has 0 amide bonds. The zero-order chi connectivity index (χ0) is 17.1. The minimum atomic E-state index is 0.239. The van der Waals surface area contributed by atoms with Gasteiger partial charge in [-0.05, 0) is 59.1 Å². The molecule has 0 unspecified atom stereocenters. The van der Waals surface area contributed by atoms with Gasteiger partial charge in [-0.15, -0.1) is 0 Å². The Labute approximate surface area is 146 Å². The fraction of sp³-hybridized carbons (Fsp3) is 0.455. The fourth-order valence-electron chi connectivity index (χ4n) is 2.51. The van der Waals surface area contributed by atoms with Gasteiger partial charge in [0.05, 0.1) is 0 Å². The quantitative estimate of drug-likeness (QED) is 0.540. The Balaban J connectivity index is 2.27. The standard InChI is InChI=1S/C22H30S/c1-7-21(3,4)17-11-9-13-19(15-17)23-20-14-10-12-18(16-20)22(5,6)8-2/h9-16H,7-8H2,1-6H3. The van der Waals surface area contributed by atoms with Crippen molar-refractivity contribution in [3.63, 3.8) is 0 Å². The van der Waals surface area contributed by atoms with Crippen LogP contribution in [0, 0.1) is 0 Å². The van der Waals surface area contributed by atoms with Crippen molar-refractivity contribution in [2.75, 3.05) is 0 Å². The number of hydrogen-bond donors (Lipinski definition) is 0. The van der Waals surface area contributed by atoms with Crippen LogP contribution < -0.4 is 0 Å². The summed E-state index contributed by atoms with van der Waals surface area (Å²) in [5.74, 6) is 0. The first kappa shape index (κ1) is 18.1. The van der Waals surface area contributed by atoms with Crippen LogP contribution in [0.1, 0.15) is 65.5 Å². The van der Waals surface area contributed by atoms with Crippen molar-refractivity contribution in [1.82, 2.24) is 0 Å². The Kier molecular flexibility index (Phi) is 5.62. The molecule has 2 aromatic carbocycles. The Morgan fingerprint density at radius 1 is 0.696 bits per heavy atom. The molecule has 1 heteroatoms. The van der Waals surface area contributed by atoms with E-state index in [9.17, 15) is 0 Å². The third-order valence-corrected chi connectivity index (χ3v) is 6.21. The van der Waals surface area contributed by atoms with Crippen LogP contribution in [0.4, 0.5) is 0 Å². The number of rotatable bonds is 6. The summed E-state index contributed by atoms with van der Waals surface area (Å²) in [5.41, 5.74) is 3.33. The average Bonchev–Trinajstić information content (AvgIpc) is 2.55. The van der Waals surface area contributed by atoms with Gasteiger partial charge in [0.15, 0.2) is 0 Å². The van der Waals surface area contributed by atoms with Crippen molar-refractivity contribution in [2.24, 2.45) is 0 Å². The predicted molar refractivity (Wildman–Crippen MR) is 104 cm³/mol. The molecule has 124 valence electrons. The van der Waals surface area contributed by atoms with Gasteiger partial charge in [0.2, 0.25) is 0 Å². The summed E-state index contributed by atoms with van der Waals surface area (Å²) in [5, 5.41) is 0. The lowest BCUT2D eigenvalue weighted by Crippen LogP contribution is -2.15. The SMILES string of the molecule is CCC(C)(C)c1cccc(Sc2cccc(C(C)(C)CC)c2)c1. The molecule has 0 bridgehead atoms. The van der Waals surface area contributed by atoms with Gasteiger partial charge in [0, 0.05) is 9.79 Å². The van der Waals surface area contributed by atoms with Crippen molar-refractivity contribution in [1.29, 1.82) is 0 Å². The molecule has 0 aliphatic rings. The summed E-state index contributed by atoms with van der Waals surface area (Å²) < 4.78 is 0. The van der Waals surface area contributed by atoms with Gasteiger partial charge in [-0.1, -0.05) is 77.6 Å². The minimum absolute atomic E-state index is 0.239. The molecule has 0 fully saturated rings. The topological polar surface area (TPSA) is 0 Å². The van der Waals surface area contributed by atoms with Gasteiger partial charge < -0.3 is 0 Å². The molecule has 2 aromatic rings. The Bertz CT molecular complexity index is 595. The molecule has 0 saturated carbocycles. The van der Waals surface area contributed by atoms with Gasteiger partial charge in [0.1, 0.15) is 0 Å². The van der Waals surface area contributed by atoms with Crippen molar-refractivity contribution in [3.8, 4) is 0 Å². The van der Waals surface area contributed by atoms with Crippen molar-refractivity contribution < 1.29 is 0 Å². The molecule has 0 aliphatic carbocycles. The van der Waals surface area contributed by atoms with Crippen molar-refractivity contribution >= 4 is 11.8 Å². The van der Waals surface area contributed by atoms with Gasteiger partial charge in [0.25, 0.3) is 0 Å².